The average Bonchev–Trinajstić information content (AvgIpc) is 2.31. The maximum absolute atomic E-state index is 9.82. The van der Waals surface area contributed by atoms with Crippen LogP contribution in [0.25, 0.3) is 0 Å². The maximum Gasteiger partial charge on any atom is 0.0791 e. The average molecular weight is 232 g/mol. The van der Waals surface area contributed by atoms with Crippen LogP contribution in [0, 0.1) is 5.92 Å². The molecule has 0 aliphatic rings. The zero-order valence-electron chi connectivity index (χ0n) is 11.1. The van der Waals surface area contributed by atoms with Gasteiger partial charge in [0.15, 0.2) is 0 Å². The SMILES string of the molecule is CCN(CC)CC(O)CNC(C)C(C)CO. The van der Waals surface area contributed by atoms with Crippen molar-refractivity contribution in [3.8, 4) is 0 Å². The molecule has 3 atom stereocenters. The number of likely N-dealkylation sites (N-methyl/N-ethyl adjacent to an activating group) is 1. The molecular weight excluding hydrogens is 204 g/mol. The van der Waals surface area contributed by atoms with Crippen LogP contribution in [0.1, 0.15) is 27.7 Å². The van der Waals surface area contributed by atoms with Crippen LogP contribution >= 0.6 is 0 Å². The van der Waals surface area contributed by atoms with E-state index in [2.05, 4.69) is 24.1 Å². The minimum absolute atomic E-state index is 0.181. The lowest BCUT2D eigenvalue weighted by molar-refractivity contribution is 0.109. The number of rotatable bonds is 9. The number of aliphatic hydroxyl groups is 2. The summed E-state index contributed by atoms with van der Waals surface area (Å²) >= 11 is 0. The Labute approximate surface area is 99.7 Å². The summed E-state index contributed by atoms with van der Waals surface area (Å²) in [6, 6.07) is 0.233. The predicted molar refractivity (Wildman–Crippen MR) is 67.5 cm³/mol. The third-order valence-electron chi connectivity index (χ3n) is 3.18. The molecule has 0 amide bonds. The molecule has 0 aromatic heterocycles. The van der Waals surface area contributed by atoms with Gasteiger partial charge in [-0.25, -0.2) is 0 Å². The van der Waals surface area contributed by atoms with Crippen molar-refractivity contribution in [3.63, 3.8) is 0 Å². The van der Waals surface area contributed by atoms with Gasteiger partial charge in [-0.05, 0) is 25.9 Å². The summed E-state index contributed by atoms with van der Waals surface area (Å²) < 4.78 is 0. The lowest BCUT2D eigenvalue weighted by Crippen LogP contribution is -2.43. The molecule has 4 heteroatoms. The third kappa shape index (κ3) is 6.43. The highest BCUT2D eigenvalue weighted by Gasteiger charge is 2.13. The zero-order valence-corrected chi connectivity index (χ0v) is 11.1. The van der Waals surface area contributed by atoms with Gasteiger partial charge in [0, 0.05) is 25.7 Å². The summed E-state index contributed by atoms with van der Waals surface area (Å²) in [5.41, 5.74) is 0. The molecule has 4 nitrogen and oxygen atoms in total. The first-order valence-corrected chi connectivity index (χ1v) is 6.29. The van der Waals surface area contributed by atoms with Gasteiger partial charge in [0.2, 0.25) is 0 Å². The molecule has 0 fully saturated rings. The smallest absolute Gasteiger partial charge is 0.0791 e. The zero-order chi connectivity index (χ0) is 12.6. The van der Waals surface area contributed by atoms with Crippen molar-refractivity contribution in [2.24, 2.45) is 5.92 Å². The van der Waals surface area contributed by atoms with Crippen LogP contribution in [-0.2, 0) is 0 Å². The second-order valence-electron chi connectivity index (χ2n) is 4.50. The molecule has 0 aromatic carbocycles. The molecule has 0 aliphatic heterocycles. The van der Waals surface area contributed by atoms with E-state index in [9.17, 15) is 5.11 Å². The first-order valence-electron chi connectivity index (χ1n) is 6.29. The lowest BCUT2D eigenvalue weighted by Gasteiger charge is -2.25. The van der Waals surface area contributed by atoms with Crippen molar-refractivity contribution < 1.29 is 10.2 Å². The summed E-state index contributed by atoms with van der Waals surface area (Å²) in [5.74, 6) is 0.223. The van der Waals surface area contributed by atoms with Gasteiger partial charge in [0.25, 0.3) is 0 Å². The van der Waals surface area contributed by atoms with Crippen molar-refractivity contribution in [1.29, 1.82) is 0 Å². The van der Waals surface area contributed by atoms with Gasteiger partial charge in [-0.15, -0.1) is 0 Å². The summed E-state index contributed by atoms with van der Waals surface area (Å²) in [7, 11) is 0. The molecule has 0 saturated heterocycles. The summed E-state index contributed by atoms with van der Waals surface area (Å²) in [4.78, 5) is 2.20. The highest BCUT2D eigenvalue weighted by molar-refractivity contribution is 4.71. The Morgan fingerprint density at radius 3 is 2.19 bits per heavy atom. The predicted octanol–water partition coefficient (Wildman–Crippen LogP) is 0.296. The first kappa shape index (κ1) is 15.8. The summed E-state index contributed by atoms with van der Waals surface area (Å²) in [6.07, 6.45) is -0.340. The van der Waals surface area contributed by atoms with Crippen molar-refractivity contribution in [1.82, 2.24) is 10.2 Å². The van der Waals surface area contributed by atoms with Crippen LogP contribution in [-0.4, -0.2) is 60.0 Å². The molecule has 0 radical (unpaired) electrons. The molecule has 0 saturated carbocycles. The number of hydrogen-bond donors (Lipinski definition) is 3. The van der Waals surface area contributed by atoms with Gasteiger partial charge in [-0.1, -0.05) is 20.8 Å². The molecule has 3 N–H and O–H groups in total. The number of nitrogens with zero attached hydrogens (tertiary/aromatic N) is 1. The van der Waals surface area contributed by atoms with E-state index in [0.29, 0.717) is 13.1 Å². The van der Waals surface area contributed by atoms with Crippen LogP contribution in [0.3, 0.4) is 0 Å². The Morgan fingerprint density at radius 2 is 1.75 bits per heavy atom. The normalized spacial score (nSPS) is 17.4. The van der Waals surface area contributed by atoms with Crippen LogP contribution < -0.4 is 5.32 Å². The van der Waals surface area contributed by atoms with E-state index in [0.717, 1.165) is 13.1 Å². The Morgan fingerprint density at radius 1 is 1.19 bits per heavy atom. The first-order chi connectivity index (χ1) is 7.54. The van der Waals surface area contributed by atoms with Crippen LogP contribution in [0.15, 0.2) is 0 Å². The van der Waals surface area contributed by atoms with E-state index >= 15 is 0 Å². The maximum atomic E-state index is 9.82. The van der Waals surface area contributed by atoms with Gasteiger partial charge >= 0.3 is 0 Å². The third-order valence-corrected chi connectivity index (χ3v) is 3.18. The van der Waals surface area contributed by atoms with E-state index in [1.807, 2.05) is 13.8 Å². The minimum Gasteiger partial charge on any atom is -0.396 e. The number of hydrogen-bond acceptors (Lipinski definition) is 4. The highest BCUT2D eigenvalue weighted by Crippen LogP contribution is 2.00. The van der Waals surface area contributed by atoms with Gasteiger partial charge in [-0.2, -0.15) is 0 Å². The van der Waals surface area contributed by atoms with E-state index in [-0.39, 0.29) is 24.7 Å². The van der Waals surface area contributed by atoms with Gasteiger partial charge in [0.05, 0.1) is 6.10 Å². The molecule has 0 rings (SSSR count). The molecule has 0 heterocycles. The van der Waals surface area contributed by atoms with Crippen molar-refractivity contribution in [2.45, 2.75) is 39.8 Å². The topological polar surface area (TPSA) is 55.7 Å². The van der Waals surface area contributed by atoms with E-state index in [1.165, 1.54) is 0 Å². The number of aliphatic hydroxyl groups excluding tert-OH is 2. The summed E-state index contributed by atoms with van der Waals surface area (Å²) in [6.45, 7) is 11.6. The molecule has 0 aliphatic carbocycles. The van der Waals surface area contributed by atoms with Gasteiger partial charge in [-0.3, -0.25) is 0 Å². The molecule has 0 spiro atoms. The summed E-state index contributed by atoms with van der Waals surface area (Å²) in [5, 5.41) is 22.0. The highest BCUT2D eigenvalue weighted by atomic mass is 16.3. The Hall–Kier alpha value is -0.160. The fraction of sp³-hybridized carbons (Fsp3) is 1.00. The molecule has 0 bridgehead atoms. The van der Waals surface area contributed by atoms with E-state index in [1.54, 1.807) is 0 Å². The quantitative estimate of drug-likeness (QED) is 0.535. The fourth-order valence-corrected chi connectivity index (χ4v) is 1.53. The largest absolute Gasteiger partial charge is 0.396 e. The molecule has 98 valence electrons. The van der Waals surface area contributed by atoms with Gasteiger partial charge in [0.1, 0.15) is 0 Å². The molecule has 0 aromatic rings. The van der Waals surface area contributed by atoms with E-state index in [4.69, 9.17) is 5.11 Å². The Balaban J connectivity index is 3.75. The van der Waals surface area contributed by atoms with Crippen LogP contribution in [0.5, 0.6) is 0 Å². The molecule has 16 heavy (non-hydrogen) atoms. The molecule has 3 unspecified atom stereocenters. The molecular formula is C12H28N2O2. The number of nitrogens with one attached hydrogen (secondary N) is 1. The van der Waals surface area contributed by atoms with Crippen molar-refractivity contribution in [2.75, 3.05) is 32.8 Å². The standard InChI is InChI=1S/C12H28N2O2/c1-5-14(6-2)8-12(16)7-13-11(4)10(3)9-15/h10-13,15-16H,5-9H2,1-4H3. The van der Waals surface area contributed by atoms with Gasteiger partial charge < -0.3 is 20.4 Å². The minimum atomic E-state index is -0.340. The van der Waals surface area contributed by atoms with Crippen molar-refractivity contribution >= 4 is 0 Å². The second kappa shape index (κ2) is 8.93. The fourth-order valence-electron chi connectivity index (χ4n) is 1.53. The second-order valence-corrected chi connectivity index (χ2v) is 4.50. The monoisotopic (exact) mass is 232 g/mol. The van der Waals surface area contributed by atoms with Crippen LogP contribution in [0.2, 0.25) is 0 Å². The van der Waals surface area contributed by atoms with Crippen molar-refractivity contribution in [3.05, 3.63) is 0 Å². The van der Waals surface area contributed by atoms with E-state index < -0.39 is 0 Å². The van der Waals surface area contributed by atoms with Crippen LogP contribution in [0.4, 0.5) is 0 Å². The Kier molecular flexibility index (Phi) is 8.84. The lowest BCUT2D eigenvalue weighted by atomic mass is 10.1. The Bertz CT molecular complexity index is 163.